The Hall–Kier alpha value is -2.68. The number of hydrogen-bond donors (Lipinski definition) is 1. The Bertz CT molecular complexity index is 1120. The maximum atomic E-state index is 12.7. The third-order valence-corrected chi connectivity index (χ3v) is 7.26. The van der Waals surface area contributed by atoms with E-state index < -0.39 is 0 Å². The Kier molecular flexibility index (Phi) is 7.70. The zero-order chi connectivity index (χ0) is 24.1. The molecule has 0 saturated carbocycles. The van der Waals surface area contributed by atoms with Crippen LogP contribution in [0.5, 0.6) is 0 Å². The number of aryl methyl sites for hydroxylation is 2. The van der Waals surface area contributed by atoms with Gasteiger partial charge in [0, 0.05) is 30.7 Å². The van der Waals surface area contributed by atoms with Crippen molar-refractivity contribution in [2.75, 3.05) is 38.6 Å². The average molecular weight is 480 g/mol. The first kappa shape index (κ1) is 24.4. The smallest absolute Gasteiger partial charge is 0.230 e. The number of ether oxygens (including phenoxy) is 1. The minimum Gasteiger partial charge on any atom is -0.379 e. The topological polar surface area (TPSA) is 72.3 Å². The van der Waals surface area contributed by atoms with Crippen molar-refractivity contribution in [2.24, 2.45) is 0 Å². The van der Waals surface area contributed by atoms with Crippen LogP contribution in [0, 0.1) is 13.8 Å². The van der Waals surface area contributed by atoms with E-state index in [1.54, 1.807) is 0 Å². The molecule has 7 nitrogen and oxygen atoms in total. The van der Waals surface area contributed by atoms with Gasteiger partial charge in [0.1, 0.15) is 0 Å². The second kappa shape index (κ2) is 10.7. The van der Waals surface area contributed by atoms with Crippen molar-refractivity contribution in [1.82, 2.24) is 25.0 Å². The lowest BCUT2D eigenvalue weighted by atomic mass is 10.0. The molecule has 1 aliphatic heterocycles. The van der Waals surface area contributed by atoms with Crippen LogP contribution in [0.2, 0.25) is 0 Å². The van der Waals surface area contributed by atoms with Crippen LogP contribution in [0.3, 0.4) is 0 Å². The molecule has 2 heterocycles. The van der Waals surface area contributed by atoms with E-state index in [0.29, 0.717) is 11.7 Å². The van der Waals surface area contributed by atoms with Gasteiger partial charge in [-0.15, -0.1) is 10.2 Å². The lowest BCUT2D eigenvalue weighted by molar-refractivity contribution is -0.119. The second-order valence-electron chi connectivity index (χ2n) is 9.25. The highest BCUT2D eigenvalue weighted by Crippen LogP contribution is 2.29. The van der Waals surface area contributed by atoms with Gasteiger partial charge in [-0.1, -0.05) is 48.2 Å². The van der Waals surface area contributed by atoms with Crippen molar-refractivity contribution in [3.8, 4) is 17.1 Å². The fourth-order valence-electron chi connectivity index (χ4n) is 4.01. The SMILES string of the molecule is Cc1ccc(-n2c(SCC(=O)NCC(C)(C)N3CCOCC3)nnc2-c2ccccc2)cc1C. The van der Waals surface area contributed by atoms with Crippen molar-refractivity contribution in [3.05, 3.63) is 59.7 Å². The predicted octanol–water partition coefficient (Wildman–Crippen LogP) is 3.87. The van der Waals surface area contributed by atoms with Crippen molar-refractivity contribution in [2.45, 2.75) is 38.4 Å². The molecule has 3 aromatic rings. The highest BCUT2D eigenvalue weighted by atomic mass is 32.2. The molecule has 1 aliphatic rings. The maximum Gasteiger partial charge on any atom is 0.230 e. The van der Waals surface area contributed by atoms with Crippen LogP contribution in [-0.2, 0) is 9.53 Å². The Morgan fingerprint density at radius 1 is 1.06 bits per heavy atom. The third kappa shape index (κ3) is 5.68. The zero-order valence-electron chi connectivity index (χ0n) is 20.4. The number of carbonyl (C=O) groups excluding carboxylic acids is 1. The first-order chi connectivity index (χ1) is 16.3. The van der Waals surface area contributed by atoms with Crippen LogP contribution in [0.15, 0.2) is 53.7 Å². The molecule has 1 amide bonds. The average Bonchev–Trinajstić information content (AvgIpc) is 3.28. The molecular formula is C26H33N5O2S. The van der Waals surface area contributed by atoms with Crippen LogP contribution in [0.25, 0.3) is 17.1 Å². The highest BCUT2D eigenvalue weighted by molar-refractivity contribution is 7.99. The first-order valence-corrected chi connectivity index (χ1v) is 12.6. The number of rotatable bonds is 8. The summed E-state index contributed by atoms with van der Waals surface area (Å²) >= 11 is 1.41. The predicted molar refractivity (Wildman–Crippen MR) is 136 cm³/mol. The van der Waals surface area contributed by atoms with Gasteiger partial charge >= 0.3 is 0 Å². The first-order valence-electron chi connectivity index (χ1n) is 11.7. The monoisotopic (exact) mass is 479 g/mol. The van der Waals surface area contributed by atoms with Gasteiger partial charge in [0.2, 0.25) is 5.91 Å². The van der Waals surface area contributed by atoms with Crippen molar-refractivity contribution >= 4 is 17.7 Å². The standard InChI is InChI=1S/C26H33N5O2S/c1-19-10-11-22(16-20(19)2)31-24(21-8-6-5-7-9-21)28-29-25(31)34-17-23(32)27-18-26(3,4)30-12-14-33-15-13-30/h5-11,16H,12-15,17-18H2,1-4H3,(H,27,32). The van der Waals surface area contributed by atoms with Gasteiger partial charge in [-0.3, -0.25) is 14.3 Å². The van der Waals surface area contributed by atoms with Crippen molar-refractivity contribution in [1.29, 1.82) is 0 Å². The van der Waals surface area contributed by atoms with Crippen LogP contribution < -0.4 is 5.32 Å². The van der Waals surface area contributed by atoms with Gasteiger partial charge in [0.25, 0.3) is 0 Å². The Labute approximate surface area is 205 Å². The van der Waals surface area contributed by atoms with Gasteiger partial charge < -0.3 is 10.1 Å². The maximum absolute atomic E-state index is 12.7. The summed E-state index contributed by atoms with van der Waals surface area (Å²) in [5.74, 6) is 1.03. The number of morpholine rings is 1. The Morgan fingerprint density at radius 3 is 2.50 bits per heavy atom. The summed E-state index contributed by atoms with van der Waals surface area (Å²) < 4.78 is 7.49. The largest absolute Gasteiger partial charge is 0.379 e. The van der Waals surface area contributed by atoms with Crippen LogP contribution in [0.1, 0.15) is 25.0 Å². The van der Waals surface area contributed by atoms with E-state index in [4.69, 9.17) is 4.74 Å². The molecule has 2 aromatic carbocycles. The molecule has 0 unspecified atom stereocenters. The van der Waals surface area contributed by atoms with Gasteiger partial charge in [-0.25, -0.2) is 0 Å². The molecule has 0 atom stereocenters. The van der Waals surface area contributed by atoms with Crippen molar-refractivity contribution in [3.63, 3.8) is 0 Å². The molecule has 4 rings (SSSR count). The number of amides is 1. The molecule has 0 bridgehead atoms. The molecule has 1 saturated heterocycles. The van der Waals surface area contributed by atoms with E-state index >= 15 is 0 Å². The number of carbonyl (C=O) groups is 1. The van der Waals surface area contributed by atoms with Gasteiger partial charge in [-0.2, -0.15) is 0 Å². The summed E-state index contributed by atoms with van der Waals surface area (Å²) in [6, 6.07) is 16.3. The van der Waals surface area contributed by atoms with E-state index in [9.17, 15) is 4.79 Å². The summed E-state index contributed by atoms with van der Waals surface area (Å²) in [6.07, 6.45) is 0. The van der Waals surface area contributed by atoms with E-state index in [1.165, 1.54) is 22.9 Å². The van der Waals surface area contributed by atoms with E-state index in [2.05, 4.69) is 66.3 Å². The molecule has 1 aromatic heterocycles. The lowest BCUT2D eigenvalue weighted by Gasteiger charge is -2.40. The van der Waals surface area contributed by atoms with Crippen LogP contribution in [0.4, 0.5) is 0 Å². The quantitative estimate of drug-likeness (QED) is 0.495. The van der Waals surface area contributed by atoms with Gasteiger partial charge in [-0.05, 0) is 51.0 Å². The summed E-state index contributed by atoms with van der Waals surface area (Å²) in [4.78, 5) is 15.1. The van der Waals surface area contributed by atoms with E-state index in [-0.39, 0.29) is 17.2 Å². The molecule has 180 valence electrons. The van der Waals surface area contributed by atoms with Crippen LogP contribution in [-0.4, -0.2) is 69.7 Å². The summed E-state index contributed by atoms with van der Waals surface area (Å²) in [5, 5.41) is 12.7. The molecule has 34 heavy (non-hydrogen) atoms. The third-order valence-electron chi connectivity index (χ3n) is 6.33. The minimum absolute atomic E-state index is 0.0118. The van der Waals surface area contributed by atoms with E-state index in [0.717, 1.165) is 43.4 Å². The number of nitrogens with one attached hydrogen (secondary N) is 1. The highest BCUT2D eigenvalue weighted by Gasteiger charge is 2.28. The molecule has 0 spiro atoms. The van der Waals surface area contributed by atoms with Gasteiger partial charge in [0.05, 0.1) is 24.7 Å². The Balaban J connectivity index is 1.49. The molecule has 0 aliphatic carbocycles. The number of hydrogen-bond acceptors (Lipinski definition) is 6. The summed E-state index contributed by atoms with van der Waals surface area (Å²) in [7, 11) is 0. The summed E-state index contributed by atoms with van der Waals surface area (Å²) in [5.41, 5.74) is 4.28. The van der Waals surface area contributed by atoms with Gasteiger partial charge in [0.15, 0.2) is 11.0 Å². The summed E-state index contributed by atoms with van der Waals surface area (Å²) in [6.45, 7) is 12.4. The number of nitrogens with zero attached hydrogens (tertiary/aromatic N) is 4. The normalized spacial score (nSPS) is 14.8. The minimum atomic E-state index is -0.121. The Morgan fingerprint density at radius 2 is 1.79 bits per heavy atom. The molecule has 1 N–H and O–H groups in total. The number of benzene rings is 2. The fraction of sp³-hybridized carbons (Fsp3) is 0.423. The number of thioether (sulfide) groups is 1. The molecule has 0 radical (unpaired) electrons. The molecule has 8 heteroatoms. The van der Waals surface area contributed by atoms with E-state index in [1.807, 2.05) is 34.9 Å². The molecule has 1 fully saturated rings. The lowest BCUT2D eigenvalue weighted by Crippen LogP contribution is -2.55. The fourth-order valence-corrected chi connectivity index (χ4v) is 4.79. The number of aromatic nitrogens is 3. The molecular weight excluding hydrogens is 446 g/mol. The zero-order valence-corrected chi connectivity index (χ0v) is 21.2. The van der Waals surface area contributed by atoms with Crippen molar-refractivity contribution < 1.29 is 9.53 Å². The van der Waals surface area contributed by atoms with Crippen LogP contribution >= 0.6 is 11.8 Å². The second-order valence-corrected chi connectivity index (χ2v) is 10.2.